The molecule has 0 spiro atoms. The van der Waals surface area contributed by atoms with Gasteiger partial charge in [0.25, 0.3) is 10.0 Å². The molecule has 0 aromatic heterocycles. The summed E-state index contributed by atoms with van der Waals surface area (Å²) >= 11 is 6.04. The smallest absolute Gasteiger partial charge is 0.262 e. The first kappa shape index (κ1) is 16.6. The molecule has 0 aliphatic heterocycles. The van der Waals surface area contributed by atoms with Crippen LogP contribution in [-0.2, 0) is 10.0 Å². The second-order valence-corrected chi connectivity index (χ2v) is 7.23. The Morgan fingerprint density at radius 2 is 1.73 bits per heavy atom. The summed E-state index contributed by atoms with van der Waals surface area (Å²) in [6, 6.07) is 8.56. The van der Waals surface area contributed by atoms with E-state index in [9.17, 15) is 8.42 Å². The Labute approximate surface area is 136 Å². The summed E-state index contributed by atoms with van der Waals surface area (Å²) in [5, 5.41) is 0.520. The molecule has 6 heteroatoms. The highest BCUT2D eigenvalue weighted by molar-refractivity contribution is 7.92. The van der Waals surface area contributed by atoms with E-state index in [4.69, 9.17) is 16.3 Å². The van der Waals surface area contributed by atoms with E-state index in [0.29, 0.717) is 22.0 Å². The van der Waals surface area contributed by atoms with E-state index in [2.05, 4.69) is 4.72 Å². The number of ether oxygens (including phenoxy) is 1. The minimum absolute atomic E-state index is 0.252. The normalized spacial score (nSPS) is 11.3. The zero-order chi connectivity index (χ0) is 16.5. The lowest BCUT2D eigenvalue weighted by Gasteiger charge is -2.15. The zero-order valence-electron chi connectivity index (χ0n) is 12.9. The fourth-order valence-electron chi connectivity index (χ4n) is 2.11. The fourth-order valence-corrected chi connectivity index (χ4v) is 3.65. The molecule has 0 atom stereocenters. The van der Waals surface area contributed by atoms with Gasteiger partial charge in [-0.05, 0) is 49.6 Å². The Hall–Kier alpha value is -1.72. The van der Waals surface area contributed by atoms with Crippen molar-refractivity contribution < 1.29 is 13.2 Å². The van der Waals surface area contributed by atoms with E-state index in [0.717, 1.165) is 11.1 Å². The predicted molar refractivity (Wildman–Crippen MR) is 89.5 cm³/mol. The number of halogens is 1. The van der Waals surface area contributed by atoms with E-state index >= 15 is 0 Å². The first-order valence-corrected chi connectivity index (χ1v) is 8.55. The highest BCUT2D eigenvalue weighted by atomic mass is 35.5. The van der Waals surface area contributed by atoms with Crippen LogP contribution in [0.5, 0.6) is 5.75 Å². The lowest BCUT2D eigenvalue weighted by molar-refractivity contribution is 0.417. The Morgan fingerprint density at radius 1 is 1.05 bits per heavy atom. The first-order valence-electron chi connectivity index (χ1n) is 6.69. The molecule has 0 heterocycles. The quantitative estimate of drug-likeness (QED) is 0.913. The molecule has 0 unspecified atom stereocenters. The van der Waals surface area contributed by atoms with Crippen molar-refractivity contribution in [1.29, 1.82) is 0 Å². The highest BCUT2D eigenvalue weighted by Gasteiger charge is 2.19. The molecule has 0 saturated heterocycles. The number of aryl methyl sites for hydroxylation is 3. The van der Waals surface area contributed by atoms with Gasteiger partial charge in [0, 0.05) is 11.1 Å². The van der Waals surface area contributed by atoms with Crippen molar-refractivity contribution in [2.24, 2.45) is 0 Å². The van der Waals surface area contributed by atoms with Gasteiger partial charge in [-0.25, -0.2) is 8.42 Å². The lowest BCUT2D eigenvalue weighted by atomic mass is 10.2. The van der Waals surface area contributed by atoms with Gasteiger partial charge >= 0.3 is 0 Å². The van der Waals surface area contributed by atoms with Crippen molar-refractivity contribution in [2.45, 2.75) is 25.7 Å². The lowest BCUT2D eigenvalue weighted by Crippen LogP contribution is -2.15. The van der Waals surface area contributed by atoms with Crippen molar-refractivity contribution in [2.75, 3.05) is 11.8 Å². The standard InChI is InChI=1S/C16H18ClNO3S/c1-10-5-6-11(2)16(7-10)22(19,20)18-14-8-12(3)13(17)9-15(14)21-4/h5-9,18H,1-4H3. The molecule has 0 bridgehead atoms. The third-order valence-electron chi connectivity index (χ3n) is 3.36. The molecule has 0 amide bonds. The maximum Gasteiger partial charge on any atom is 0.262 e. The third kappa shape index (κ3) is 3.36. The largest absolute Gasteiger partial charge is 0.495 e. The Bertz CT molecular complexity index is 816. The molecule has 2 rings (SSSR count). The molecule has 0 fully saturated rings. The average molecular weight is 340 g/mol. The highest BCUT2D eigenvalue weighted by Crippen LogP contribution is 2.33. The SMILES string of the molecule is COc1cc(Cl)c(C)cc1NS(=O)(=O)c1cc(C)ccc1C. The Kier molecular flexibility index (Phi) is 4.68. The van der Waals surface area contributed by atoms with Crippen LogP contribution in [0.1, 0.15) is 16.7 Å². The number of hydrogen-bond donors (Lipinski definition) is 1. The molecule has 2 aromatic rings. The number of hydrogen-bond acceptors (Lipinski definition) is 3. The van der Waals surface area contributed by atoms with E-state index < -0.39 is 10.0 Å². The summed E-state index contributed by atoms with van der Waals surface area (Å²) in [6.45, 7) is 5.42. The molecule has 1 N–H and O–H groups in total. The van der Waals surface area contributed by atoms with Crippen LogP contribution in [0.4, 0.5) is 5.69 Å². The fraction of sp³-hybridized carbons (Fsp3) is 0.250. The van der Waals surface area contributed by atoms with Crippen molar-refractivity contribution in [3.8, 4) is 5.75 Å². The molecule has 0 aliphatic carbocycles. The van der Waals surface area contributed by atoms with Gasteiger partial charge in [0.15, 0.2) is 0 Å². The van der Waals surface area contributed by atoms with E-state index in [1.54, 1.807) is 38.1 Å². The number of rotatable bonds is 4. The van der Waals surface area contributed by atoms with Gasteiger partial charge < -0.3 is 4.74 Å². The number of sulfonamides is 1. The minimum Gasteiger partial charge on any atom is -0.495 e. The van der Waals surface area contributed by atoms with Crippen molar-refractivity contribution >= 4 is 27.3 Å². The van der Waals surface area contributed by atoms with E-state index in [1.807, 2.05) is 13.0 Å². The van der Waals surface area contributed by atoms with Gasteiger partial charge in [0.1, 0.15) is 5.75 Å². The van der Waals surface area contributed by atoms with E-state index in [-0.39, 0.29) is 4.90 Å². The maximum absolute atomic E-state index is 12.6. The summed E-state index contributed by atoms with van der Waals surface area (Å²) in [7, 11) is -2.23. The van der Waals surface area contributed by atoms with Gasteiger partial charge in [-0.2, -0.15) is 0 Å². The second kappa shape index (κ2) is 6.18. The predicted octanol–water partition coefficient (Wildman–Crippen LogP) is 4.07. The molecule has 0 radical (unpaired) electrons. The molecule has 0 saturated carbocycles. The second-order valence-electron chi connectivity index (χ2n) is 5.18. The van der Waals surface area contributed by atoms with Crippen LogP contribution in [0.15, 0.2) is 35.2 Å². The molecule has 2 aromatic carbocycles. The maximum atomic E-state index is 12.6. The molecular weight excluding hydrogens is 322 g/mol. The van der Waals surface area contributed by atoms with Crippen LogP contribution in [0.3, 0.4) is 0 Å². The summed E-state index contributed by atoms with van der Waals surface area (Å²) in [5.41, 5.74) is 2.69. The summed E-state index contributed by atoms with van der Waals surface area (Å²) < 4.78 is 33.1. The van der Waals surface area contributed by atoms with Crippen LogP contribution < -0.4 is 9.46 Å². The molecular formula is C16H18ClNO3S. The first-order chi connectivity index (χ1) is 10.2. The van der Waals surface area contributed by atoms with Gasteiger partial charge in [0.05, 0.1) is 17.7 Å². The van der Waals surface area contributed by atoms with Crippen LogP contribution in [0.25, 0.3) is 0 Å². The Morgan fingerprint density at radius 3 is 2.36 bits per heavy atom. The monoisotopic (exact) mass is 339 g/mol. The molecule has 4 nitrogen and oxygen atoms in total. The number of anilines is 1. The van der Waals surface area contributed by atoms with E-state index in [1.165, 1.54) is 7.11 Å². The van der Waals surface area contributed by atoms with Crippen LogP contribution in [-0.4, -0.2) is 15.5 Å². The van der Waals surface area contributed by atoms with Gasteiger partial charge in [-0.1, -0.05) is 23.7 Å². The Balaban J connectivity index is 2.49. The summed E-state index contributed by atoms with van der Waals surface area (Å²) in [5.74, 6) is 0.379. The average Bonchev–Trinajstić information content (AvgIpc) is 2.44. The van der Waals surface area contributed by atoms with Crippen molar-refractivity contribution in [3.63, 3.8) is 0 Å². The van der Waals surface area contributed by atoms with Crippen molar-refractivity contribution in [3.05, 3.63) is 52.0 Å². The zero-order valence-corrected chi connectivity index (χ0v) is 14.5. The third-order valence-corrected chi connectivity index (χ3v) is 5.27. The summed E-state index contributed by atoms with van der Waals surface area (Å²) in [6.07, 6.45) is 0. The van der Waals surface area contributed by atoms with Crippen molar-refractivity contribution in [1.82, 2.24) is 0 Å². The minimum atomic E-state index is -3.70. The topological polar surface area (TPSA) is 55.4 Å². The van der Waals surface area contributed by atoms with Gasteiger partial charge in [-0.15, -0.1) is 0 Å². The number of nitrogens with one attached hydrogen (secondary N) is 1. The number of methoxy groups -OCH3 is 1. The molecule has 22 heavy (non-hydrogen) atoms. The van der Waals surface area contributed by atoms with Gasteiger partial charge in [0.2, 0.25) is 0 Å². The molecule has 118 valence electrons. The number of benzene rings is 2. The van der Waals surface area contributed by atoms with Crippen LogP contribution >= 0.6 is 11.6 Å². The molecule has 0 aliphatic rings. The van der Waals surface area contributed by atoms with Crippen LogP contribution in [0.2, 0.25) is 5.02 Å². The van der Waals surface area contributed by atoms with Crippen LogP contribution in [0, 0.1) is 20.8 Å². The summed E-state index contributed by atoms with van der Waals surface area (Å²) in [4.78, 5) is 0.252. The van der Waals surface area contributed by atoms with Gasteiger partial charge in [-0.3, -0.25) is 4.72 Å².